The highest BCUT2D eigenvalue weighted by Gasteiger charge is 2.13. The average Bonchev–Trinajstić information content (AvgIpc) is 2.68. The predicted molar refractivity (Wildman–Crippen MR) is 111 cm³/mol. The van der Waals surface area contributed by atoms with Gasteiger partial charge in [-0.25, -0.2) is 9.97 Å². The predicted octanol–water partition coefficient (Wildman–Crippen LogP) is 4.50. The second kappa shape index (κ2) is 7.25. The van der Waals surface area contributed by atoms with E-state index in [1.165, 1.54) is 0 Å². The number of nitrogens with one attached hydrogen (secondary N) is 1. The lowest BCUT2D eigenvalue weighted by Gasteiger charge is -2.13. The van der Waals surface area contributed by atoms with E-state index in [2.05, 4.69) is 20.3 Å². The molecule has 2 heterocycles. The molecule has 0 aliphatic heterocycles. The maximum Gasteiger partial charge on any atom is 0.250 e. The van der Waals surface area contributed by atoms with Crippen molar-refractivity contribution in [3.8, 4) is 11.4 Å². The van der Waals surface area contributed by atoms with Crippen LogP contribution in [0.15, 0.2) is 60.8 Å². The molecule has 1 amide bonds. The number of hydrogen-bond acceptors (Lipinski definition) is 5. The number of benzene rings is 2. The zero-order valence-corrected chi connectivity index (χ0v) is 15.7. The summed E-state index contributed by atoms with van der Waals surface area (Å²) in [4.78, 5) is 25.4. The Balaban J connectivity index is 1.89. The highest BCUT2D eigenvalue weighted by atomic mass is 35.5. The molecule has 138 valence electrons. The van der Waals surface area contributed by atoms with Crippen molar-refractivity contribution in [3.05, 3.63) is 77.1 Å². The molecule has 0 saturated heterocycles. The second-order valence-corrected chi connectivity index (χ2v) is 6.72. The van der Waals surface area contributed by atoms with E-state index in [1.807, 2.05) is 31.2 Å². The van der Waals surface area contributed by atoms with Gasteiger partial charge in [-0.15, -0.1) is 0 Å². The minimum absolute atomic E-state index is 0.377. The molecular weight excluding hydrogens is 374 g/mol. The molecule has 0 fully saturated rings. The third kappa shape index (κ3) is 3.50. The Bertz CT molecular complexity index is 1190. The summed E-state index contributed by atoms with van der Waals surface area (Å²) in [6, 6.07) is 16.2. The number of para-hydroxylation sites is 1. The van der Waals surface area contributed by atoms with E-state index in [0.29, 0.717) is 33.4 Å². The lowest BCUT2D eigenvalue weighted by Crippen LogP contribution is -2.13. The second-order valence-electron chi connectivity index (χ2n) is 6.28. The molecule has 0 aliphatic carbocycles. The summed E-state index contributed by atoms with van der Waals surface area (Å²) in [5.74, 6) is 0.528. The number of amides is 1. The molecule has 4 rings (SSSR count). The van der Waals surface area contributed by atoms with Crippen LogP contribution in [0.25, 0.3) is 22.3 Å². The number of hydrogen-bond donors (Lipinski definition) is 2. The van der Waals surface area contributed by atoms with Gasteiger partial charge in [0.25, 0.3) is 5.91 Å². The molecule has 2 aromatic carbocycles. The van der Waals surface area contributed by atoms with Gasteiger partial charge < -0.3 is 11.1 Å². The fraction of sp³-hybridized carbons (Fsp3) is 0.0476. The monoisotopic (exact) mass is 389 g/mol. The van der Waals surface area contributed by atoms with Crippen LogP contribution in [0.1, 0.15) is 16.1 Å². The summed E-state index contributed by atoms with van der Waals surface area (Å²) < 4.78 is 0. The first kappa shape index (κ1) is 17.9. The zero-order chi connectivity index (χ0) is 19.7. The minimum Gasteiger partial charge on any atom is -0.366 e. The summed E-state index contributed by atoms with van der Waals surface area (Å²) in [5.41, 5.74) is 8.80. The lowest BCUT2D eigenvalue weighted by molar-refractivity contribution is 0.100. The lowest BCUT2D eigenvalue weighted by atomic mass is 10.1. The van der Waals surface area contributed by atoms with Gasteiger partial charge in [0.05, 0.1) is 16.8 Å². The van der Waals surface area contributed by atoms with Crippen LogP contribution in [-0.4, -0.2) is 20.9 Å². The smallest absolute Gasteiger partial charge is 0.250 e. The first-order chi connectivity index (χ1) is 13.5. The Morgan fingerprint density at radius 1 is 1.07 bits per heavy atom. The van der Waals surface area contributed by atoms with Crippen molar-refractivity contribution in [2.45, 2.75) is 6.92 Å². The third-order valence-corrected chi connectivity index (χ3v) is 4.51. The number of nitrogens with zero attached hydrogens (tertiary/aromatic N) is 3. The van der Waals surface area contributed by atoms with Gasteiger partial charge in [-0.3, -0.25) is 9.78 Å². The van der Waals surface area contributed by atoms with Crippen molar-refractivity contribution in [3.63, 3.8) is 0 Å². The highest BCUT2D eigenvalue weighted by Crippen LogP contribution is 2.30. The standard InChI is InChI=1S/C21H16ClN5O/c1-12-6-7-13(11-24-12)20-26-18-10-14(22)8-9-16(18)21(27-20)25-17-5-3-2-4-15(17)19(23)28/h2-11H,1H3,(H2,23,28)(H,25,26,27). The van der Waals surface area contributed by atoms with Crippen LogP contribution in [0.3, 0.4) is 0 Å². The van der Waals surface area contributed by atoms with E-state index in [-0.39, 0.29) is 0 Å². The summed E-state index contributed by atoms with van der Waals surface area (Å²) in [6.07, 6.45) is 1.72. The van der Waals surface area contributed by atoms with Crippen LogP contribution >= 0.6 is 11.6 Å². The molecular formula is C21H16ClN5O. The average molecular weight is 390 g/mol. The van der Waals surface area contributed by atoms with Gasteiger partial charge in [0.2, 0.25) is 0 Å². The maximum atomic E-state index is 11.8. The molecule has 0 aliphatic rings. The molecule has 0 radical (unpaired) electrons. The van der Waals surface area contributed by atoms with Gasteiger partial charge in [-0.2, -0.15) is 0 Å². The van der Waals surface area contributed by atoms with Crippen LogP contribution in [0, 0.1) is 6.92 Å². The number of aryl methyl sites for hydroxylation is 1. The van der Waals surface area contributed by atoms with Crippen molar-refractivity contribution in [2.24, 2.45) is 5.73 Å². The van der Waals surface area contributed by atoms with Crippen LogP contribution < -0.4 is 11.1 Å². The molecule has 28 heavy (non-hydrogen) atoms. The number of nitrogens with two attached hydrogens (primary N) is 1. The molecule has 0 atom stereocenters. The van der Waals surface area contributed by atoms with E-state index >= 15 is 0 Å². The van der Waals surface area contributed by atoms with Gasteiger partial charge in [-0.05, 0) is 49.4 Å². The van der Waals surface area contributed by atoms with Gasteiger partial charge in [0, 0.05) is 27.9 Å². The molecule has 3 N–H and O–H groups in total. The normalized spacial score (nSPS) is 10.8. The fourth-order valence-corrected chi connectivity index (χ4v) is 3.03. The van der Waals surface area contributed by atoms with Gasteiger partial charge >= 0.3 is 0 Å². The number of aromatic nitrogens is 3. The first-order valence-electron chi connectivity index (χ1n) is 8.57. The van der Waals surface area contributed by atoms with E-state index in [4.69, 9.17) is 17.3 Å². The van der Waals surface area contributed by atoms with Crippen LogP contribution in [0.2, 0.25) is 5.02 Å². The van der Waals surface area contributed by atoms with E-state index < -0.39 is 5.91 Å². The summed E-state index contributed by atoms with van der Waals surface area (Å²) in [6.45, 7) is 1.92. The molecule has 0 bridgehead atoms. The van der Waals surface area contributed by atoms with E-state index in [0.717, 1.165) is 16.6 Å². The van der Waals surface area contributed by atoms with Crippen LogP contribution in [-0.2, 0) is 0 Å². The highest BCUT2D eigenvalue weighted by molar-refractivity contribution is 6.31. The van der Waals surface area contributed by atoms with Gasteiger partial charge in [-0.1, -0.05) is 23.7 Å². The fourth-order valence-electron chi connectivity index (χ4n) is 2.86. The molecule has 0 unspecified atom stereocenters. The SMILES string of the molecule is Cc1ccc(-c2nc(Nc3ccccc3C(N)=O)c3ccc(Cl)cc3n2)cn1. The molecule has 7 heteroatoms. The topological polar surface area (TPSA) is 93.8 Å². The van der Waals surface area contributed by atoms with Crippen molar-refractivity contribution in [2.75, 3.05) is 5.32 Å². The van der Waals surface area contributed by atoms with Gasteiger partial charge in [0.15, 0.2) is 5.82 Å². The molecule has 2 aromatic heterocycles. The number of pyridine rings is 1. The number of anilines is 2. The molecule has 0 spiro atoms. The number of carbonyl (C=O) groups excluding carboxylic acids is 1. The Morgan fingerprint density at radius 3 is 2.64 bits per heavy atom. The summed E-state index contributed by atoms with van der Waals surface area (Å²) >= 11 is 6.16. The molecule has 4 aromatic rings. The van der Waals surface area contributed by atoms with E-state index in [1.54, 1.807) is 36.5 Å². The molecule has 0 saturated carbocycles. The van der Waals surface area contributed by atoms with Crippen LogP contribution in [0.5, 0.6) is 0 Å². The molecule has 6 nitrogen and oxygen atoms in total. The number of rotatable bonds is 4. The largest absolute Gasteiger partial charge is 0.366 e. The third-order valence-electron chi connectivity index (χ3n) is 4.27. The van der Waals surface area contributed by atoms with Gasteiger partial charge in [0.1, 0.15) is 5.82 Å². The van der Waals surface area contributed by atoms with Crippen LogP contribution in [0.4, 0.5) is 11.5 Å². The van der Waals surface area contributed by atoms with Crippen molar-refractivity contribution in [1.29, 1.82) is 0 Å². The minimum atomic E-state index is -0.521. The number of fused-ring (bicyclic) bond motifs is 1. The Morgan fingerprint density at radius 2 is 1.89 bits per heavy atom. The van der Waals surface area contributed by atoms with Crippen molar-refractivity contribution in [1.82, 2.24) is 15.0 Å². The summed E-state index contributed by atoms with van der Waals surface area (Å²) in [7, 11) is 0. The Hall–Kier alpha value is -3.51. The maximum absolute atomic E-state index is 11.8. The van der Waals surface area contributed by atoms with Crippen molar-refractivity contribution >= 4 is 39.9 Å². The first-order valence-corrected chi connectivity index (χ1v) is 8.95. The quantitative estimate of drug-likeness (QED) is 0.536. The van der Waals surface area contributed by atoms with E-state index in [9.17, 15) is 4.79 Å². The van der Waals surface area contributed by atoms with Crippen molar-refractivity contribution < 1.29 is 4.79 Å². The summed E-state index contributed by atoms with van der Waals surface area (Å²) in [5, 5.41) is 4.57. The number of halogens is 1. The number of primary amides is 1. The Labute approximate surface area is 166 Å². The Kier molecular flexibility index (Phi) is 4.63. The number of carbonyl (C=O) groups is 1. The zero-order valence-electron chi connectivity index (χ0n) is 15.0.